The number of rotatable bonds is 5. The van der Waals surface area contributed by atoms with Gasteiger partial charge in [0.15, 0.2) is 0 Å². The number of aliphatic hydroxyl groups is 1. The first-order chi connectivity index (χ1) is 10.3. The van der Waals surface area contributed by atoms with Gasteiger partial charge in [0.1, 0.15) is 10.6 Å². The molecule has 2 aromatic rings. The average molecular weight is 306 g/mol. The zero-order valence-electron chi connectivity index (χ0n) is 12.3. The minimum absolute atomic E-state index is 0.0933. The number of hydrogen-bond acceptors (Lipinski definition) is 6. The zero-order valence-corrected chi connectivity index (χ0v) is 13.1. The second kappa shape index (κ2) is 6.58. The zero-order chi connectivity index (χ0) is 14.7. The van der Waals surface area contributed by atoms with Crippen LogP contribution < -0.4 is 10.6 Å². The molecule has 0 saturated heterocycles. The van der Waals surface area contributed by atoms with Crippen molar-refractivity contribution in [1.82, 2.24) is 9.97 Å². The lowest BCUT2D eigenvalue weighted by Crippen LogP contribution is -2.36. The van der Waals surface area contributed by atoms with Crippen molar-refractivity contribution in [1.29, 1.82) is 0 Å². The molecule has 0 aliphatic heterocycles. The molecule has 1 aliphatic carbocycles. The van der Waals surface area contributed by atoms with Crippen molar-refractivity contribution >= 4 is 33.3 Å². The Hall–Kier alpha value is -1.40. The van der Waals surface area contributed by atoms with Crippen LogP contribution in [0.5, 0.6) is 0 Å². The number of nitrogens with one attached hydrogen (secondary N) is 2. The lowest BCUT2D eigenvalue weighted by Gasteiger charge is -2.29. The molecule has 2 heterocycles. The van der Waals surface area contributed by atoms with Crippen LogP contribution in [0.1, 0.15) is 39.0 Å². The Balaban J connectivity index is 1.86. The lowest BCUT2D eigenvalue weighted by atomic mass is 9.92. The number of aliphatic hydroxyl groups excluding tert-OH is 1. The summed E-state index contributed by atoms with van der Waals surface area (Å²) in [5, 5.41) is 19.9. The third kappa shape index (κ3) is 3.27. The van der Waals surface area contributed by atoms with Crippen LogP contribution in [0, 0.1) is 0 Å². The third-order valence-electron chi connectivity index (χ3n) is 3.91. The second-order valence-corrected chi connectivity index (χ2v) is 6.46. The molecule has 2 aromatic heterocycles. The maximum atomic E-state index is 10.1. The third-order valence-corrected chi connectivity index (χ3v) is 4.72. The van der Waals surface area contributed by atoms with E-state index in [4.69, 9.17) is 0 Å². The molecule has 114 valence electrons. The molecule has 0 amide bonds. The minimum atomic E-state index is -0.283. The van der Waals surface area contributed by atoms with E-state index in [1.807, 2.05) is 11.4 Å². The molecule has 1 aliphatic rings. The molecule has 6 heteroatoms. The predicted octanol–water partition coefficient (Wildman–Crippen LogP) is 3.23. The van der Waals surface area contributed by atoms with E-state index in [1.165, 1.54) is 0 Å². The molecule has 0 spiro atoms. The first-order valence-corrected chi connectivity index (χ1v) is 8.59. The average Bonchev–Trinajstić information content (AvgIpc) is 2.96. The summed E-state index contributed by atoms with van der Waals surface area (Å²) >= 11 is 1.62. The summed E-state index contributed by atoms with van der Waals surface area (Å²) in [5.74, 6) is 1.51. The highest BCUT2D eigenvalue weighted by molar-refractivity contribution is 7.16. The molecule has 3 N–H and O–H groups in total. The fourth-order valence-corrected chi connectivity index (χ4v) is 3.50. The number of hydrogen-bond donors (Lipinski definition) is 3. The number of aromatic nitrogens is 2. The smallest absolute Gasteiger partial charge is 0.226 e. The van der Waals surface area contributed by atoms with E-state index in [-0.39, 0.29) is 12.1 Å². The Labute approximate surface area is 128 Å². The van der Waals surface area contributed by atoms with Crippen LogP contribution in [0.4, 0.5) is 11.8 Å². The van der Waals surface area contributed by atoms with E-state index in [2.05, 4.69) is 27.5 Å². The largest absolute Gasteiger partial charge is 0.391 e. The van der Waals surface area contributed by atoms with Crippen LogP contribution >= 0.6 is 11.3 Å². The summed E-state index contributed by atoms with van der Waals surface area (Å²) in [6.07, 6.45) is 4.89. The van der Waals surface area contributed by atoms with Gasteiger partial charge >= 0.3 is 0 Å². The second-order valence-electron chi connectivity index (χ2n) is 5.56. The molecular formula is C15H22N4OS. The summed E-state index contributed by atoms with van der Waals surface area (Å²) in [7, 11) is 0. The molecule has 0 bridgehead atoms. The maximum Gasteiger partial charge on any atom is 0.226 e. The first-order valence-electron chi connectivity index (χ1n) is 7.71. The Morgan fingerprint density at radius 2 is 2.19 bits per heavy atom. The van der Waals surface area contributed by atoms with Gasteiger partial charge < -0.3 is 15.7 Å². The molecule has 1 saturated carbocycles. The van der Waals surface area contributed by atoms with Gasteiger partial charge in [-0.05, 0) is 30.7 Å². The molecule has 3 rings (SSSR count). The van der Waals surface area contributed by atoms with Crippen molar-refractivity contribution < 1.29 is 5.11 Å². The van der Waals surface area contributed by atoms with Crippen molar-refractivity contribution in [3.8, 4) is 0 Å². The van der Waals surface area contributed by atoms with Gasteiger partial charge in [0, 0.05) is 6.54 Å². The van der Waals surface area contributed by atoms with Crippen LogP contribution in [-0.4, -0.2) is 33.8 Å². The molecule has 0 aromatic carbocycles. The van der Waals surface area contributed by atoms with Gasteiger partial charge in [-0.2, -0.15) is 4.98 Å². The SMILES string of the molecule is CCCNc1nc(NC2CCCCC2O)c2ccsc2n1. The van der Waals surface area contributed by atoms with Gasteiger partial charge in [0.25, 0.3) is 0 Å². The van der Waals surface area contributed by atoms with Crippen LogP contribution in [0.25, 0.3) is 10.2 Å². The van der Waals surface area contributed by atoms with Crippen molar-refractivity contribution in [2.75, 3.05) is 17.2 Å². The van der Waals surface area contributed by atoms with E-state index in [1.54, 1.807) is 11.3 Å². The van der Waals surface area contributed by atoms with Gasteiger partial charge in [0.05, 0.1) is 17.5 Å². The summed E-state index contributed by atoms with van der Waals surface area (Å²) in [4.78, 5) is 10.1. The molecule has 0 radical (unpaired) electrons. The Morgan fingerprint density at radius 1 is 1.33 bits per heavy atom. The predicted molar refractivity (Wildman–Crippen MR) is 88.1 cm³/mol. The van der Waals surface area contributed by atoms with E-state index >= 15 is 0 Å². The monoisotopic (exact) mass is 306 g/mol. The summed E-state index contributed by atoms with van der Waals surface area (Å²) in [5.41, 5.74) is 0. The number of anilines is 2. The van der Waals surface area contributed by atoms with E-state index in [0.29, 0.717) is 5.95 Å². The molecule has 2 unspecified atom stereocenters. The normalized spacial score (nSPS) is 22.4. The van der Waals surface area contributed by atoms with Crippen molar-refractivity contribution in [3.05, 3.63) is 11.4 Å². The Morgan fingerprint density at radius 3 is 3.00 bits per heavy atom. The highest BCUT2D eigenvalue weighted by Crippen LogP contribution is 2.29. The minimum Gasteiger partial charge on any atom is -0.391 e. The highest BCUT2D eigenvalue weighted by atomic mass is 32.1. The van der Waals surface area contributed by atoms with Crippen molar-refractivity contribution in [2.45, 2.75) is 51.2 Å². The standard InChI is InChI=1S/C15H22N4OS/c1-2-8-16-15-18-13(10-7-9-21-14(10)19-15)17-11-5-3-4-6-12(11)20/h7,9,11-12,20H,2-6,8H2,1H3,(H2,16,17,18,19). The van der Waals surface area contributed by atoms with Gasteiger partial charge in [-0.25, -0.2) is 4.98 Å². The lowest BCUT2D eigenvalue weighted by molar-refractivity contribution is 0.116. The van der Waals surface area contributed by atoms with Gasteiger partial charge in [-0.15, -0.1) is 11.3 Å². The van der Waals surface area contributed by atoms with Gasteiger partial charge in [-0.3, -0.25) is 0 Å². The van der Waals surface area contributed by atoms with E-state index < -0.39 is 0 Å². The van der Waals surface area contributed by atoms with E-state index in [9.17, 15) is 5.11 Å². The summed E-state index contributed by atoms with van der Waals surface area (Å²) < 4.78 is 0. The maximum absolute atomic E-state index is 10.1. The van der Waals surface area contributed by atoms with Gasteiger partial charge in [-0.1, -0.05) is 19.8 Å². The topological polar surface area (TPSA) is 70.1 Å². The van der Waals surface area contributed by atoms with Crippen LogP contribution in [0.15, 0.2) is 11.4 Å². The van der Waals surface area contributed by atoms with Crippen LogP contribution in [0.3, 0.4) is 0 Å². The van der Waals surface area contributed by atoms with Crippen LogP contribution in [0.2, 0.25) is 0 Å². The quantitative estimate of drug-likeness (QED) is 0.791. The van der Waals surface area contributed by atoms with Gasteiger partial charge in [0.2, 0.25) is 5.95 Å². The molecular weight excluding hydrogens is 284 g/mol. The molecule has 21 heavy (non-hydrogen) atoms. The van der Waals surface area contributed by atoms with Crippen molar-refractivity contribution in [2.24, 2.45) is 0 Å². The summed E-state index contributed by atoms with van der Waals surface area (Å²) in [6, 6.07) is 2.14. The highest BCUT2D eigenvalue weighted by Gasteiger charge is 2.24. The van der Waals surface area contributed by atoms with Crippen LogP contribution in [-0.2, 0) is 0 Å². The number of thiophene rings is 1. The number of fused-ring (bicyclic) bond motifs is 1. The Bertz CT molecular complexity index is 600. The van der Waals surface area contributed by atoms with Crippen molar-refractivity contribution in [3.63, 3.8) is 0 Å². The fraction of sp³-hybridized carbons (Fsp3) is 0.600. The summed E-state index contributed by atoms with van der Waals surface area (Å²) in [6.45, 7) is 2.98. The Kier molecular flexibility index (Phi) is 4.55. The number of nitrogens with zero attached hydrogens (tertiary/aromatic N) is 2. The fourth-order valence-electron chi connectivity index (χ4n) is 2.74. The molecule has 1 fully saturated rings. The first kappa shape index (κ1) is 14.5. The molecule has 5 nitrogen and oxygen atoms in total. The molecule has 2 atom stereocenters. The van der Waals surface area contributed by atoms with E-state index in [0.717, 1.165) is 54.7 Å².